The Morgan fingerprint density at radius 2 is 1.20 bits per heavy atom. The highest BCUT2D eigenvalue weighted by Crippen LogP contribution is 2.05. The third kappa shape index (κ3) is 3.10. The van der Waals surface area contributed by atoms with Crippen molar-refractivity contribution >= 4 is 22.6 Å². The van der Waals surface area contributed by atoms with Gasteiger partial charge in [0.1, 0.15) is 0 Å². The van der Waals surface area contributed by atoms with Crippen LogP contribution in [0.15, 0.2) is 54.6 Å². The van der Waals surface area contributed by atoms with Crippen molar-refractivity contribution < 1.29 is 0 Å². The molecule has 0 heterocycles. The van der Waals surface area contributed by atoms with Crippen molar-refractivity contribution in [3.05, 3.63) is 69.3 Å². The van der Waals surface area contributed by atoms with Gasteiger partial charge in [-0.25, -0.2) is 0 Å². The van der Waals surface area contributed by atoms with Crippen LogP contribution >= 0.6 is 22.6 Å². The van der Waals surface area contributed by atoms with E-state index in [4.69, 9.17) is 0 Å². The molecular weight excluding hydrogens is 291 g/mol. The fourth-order valence-corrected chi connectivity index (χ4v) is 1.56. The maximum Gasteiger partial charge on any atom is 0.0249 e. The zero-order chi connectivity index (χ0) is 10.5. The first-order chi connectivity index (χ1) is 7.34. The van der Waals surface area contributed by atoms with E-state index in [1.807, 2.05) is 42.5 Å². The van der Waals surface area contributed by atoms with Crippen LogP contribution in [0.5, 0.6) is 0 Å². The Bertz CT molecular complexity index is 486. The molecule has 0 aliphatic heterocycles. The molecule has 0 nitrogen and oxygen atoms in total. The maximum atomic E-state index is 3.13. The van der Waals surface area contributed by atoms with Crippen LogP contribution in [0, 0.1) is 15.4 Å². The highest BCUT2D eigenvalue weighted by Gasteiger charge is 1.87. The van der Waals surface area contributed by atoms with Gasteiger partial charge in [-0.05, 0) is 59.0 Å². The molecule has 0 saturated carbocycles. The van der Waals surface area contributed by atoms with E-state index in [0.717, 1.165) is 11.1 Å². The molecule has 0 unspecified atom stereocenters. The Labute approximate surface area is 103 Å². The zero-order valence-electron chi connectivity index (χ0n) is 8.07. The lowest BCUT2D eigenvalue weighted by Crippen LogP contribution is -1.76. The van der Waals surface area contributed by atoms with Gasteiger partial charge in [0.15, 0.2) is 0 Å². The fourth-order valence-electron chi connectivity index (χ4n) is 1.20. The lowest BCUT2D eigenvalue weighted by atomic mass is 10.2. The monoisotopic (exact) mass is 300 g/mol. The van der Waals surface area contributed by atoms with Gasteiger partial charge in [-0.1, -0.05) is 30.0 Å². The molecule has 72 valence electrons. The number of hydrogen-bond donors (Lipinski definition) is 0. The summed E-state index contributed by atoms with van der Waals surface area (Å²) in [5.41, 5.74) is 2.11. The van der Waals surface area contributed by atoms with Gasteiger partial charge >= 0.3 is 0 Å². The van der Waals surface area contributed by atoms with Crippen molar-refractivity contribution in [1.82, 2.24) is 0 Å². The lowest BCUT2D eigenvalue weighted by molar-refractivity contribution is 1.59. The zero-order valence-corrected chi connectivity index (χ0v) is 10.2. The van der Waals surface area contributed by atoms with Crippen molar-refractivity contribution in [2.75, 3.05) is 0 Å². The van der Waals surface area contributed by atoms with Crippen LogP contribution in [0.4, 0.5) is 0 Å². The minimum atomic E-state index is 1.05. The first kappa shape index (κ1) is 10.3. The van der Waals surface area contributed by atoms with Gasteiger partial charge in [-0.2, -0.15) is 0 Å². The minimum Gasteiger partial charge on any atom is -0.0622 e. The molecule has 0 radical (unpaired) electrons. The van der Waals surface area contributed by atoms with Gasteiger partial charge in [-0.3, -0.25) is 0 Å². The first-order valence-electron chi connectivity index (χ1n) is 4.67. The summed E-state index contributed by atoms with van der Waals surface area (Å²) in [6, 6.07) is 18.2. The molecule has 0 aliphatic rings. The van der Waals surface area contributed by atoms with E-state index in [2.05, 4.69) is 46.6 Å². The van der Waals surface area contributed by atoms with E-state index < -0.39 is 0 Å². The second-order valence-electron chi connectivity index (χ2n) is 3.12. The van der Waals surface area contributed by atoms with Crippen molar-refractivity contribution in [3.8, 4) is 11.8 Å². The minimum absolute atomic E-state index is 1.05. The highest BCUT2D eigenvalue weighted by atomic mass is 123. The highest BCUT2D eigenvalue weighted by molar-refractivity contribution is 14.1. The van der Waals surface area contributed by atoms with Gasteiger partial charge in [0.25, 0.3) is 0 Å². The molecule has 2 rings (SSSR count). The predicted octanol–water partition coefficient (Wildman–Crippen LogP) is 3.69. The van der Waals surface area contributed by atoms with Gasteiger partial charge in [0.2, 0.25) is 0 Å². The molecule has 0 atom stereocenters. The molecule has 0 spiro atoms. The second-order valence-corrected chi connectivity index (χ2v) is 4.37. The van der Waals surface area contributed by atoms with E-state index in [9.17, 15) is 0 Å². The predicted molar refractivity (Wildman–Crippen MR) is 71.6 cm³/mol. The summed E-state index contributed by atoms with van der Waals surface area (Å²) in [5.74, 6) is 6.26. The summed E-state index contributed by atoms with van der Waals surface area (Å²) in [6.07, 6.45) is 0. The normalized spacial score (nSPS) is 9.13. The average molecular weight is 300 g/mol. The van der Waals surface area contributed by atoms with E-state index in [0.29, 0.717) is 0 Å². The first-order valence-corrected chi connectivity index (χ1v) is 5.75. The van der Waals surface area contributed by atoms with Crippen LogP contribution < -0.4 is 0 Å². The van der Waals surface area contributed by atoms with Crippen LogP contribution in [0.3, 0.4) is 0 Å². The van der Waals surface area contributed by atoms with Gasteiger partial charge in [-0.15, -0.1) is 0 Å². The fraction of sp³-hybridized carbons (Fsp3) is 0. The molecule has 15 heavy (non-hydrogen) atoms. The third-order valence-corrected chi connectivity index (χ3v) is 2.69. The SMILES string of the molecule is [123I]c1ccc(C#Cc2ccccc2)cc1. The number of rotatable bonds is 0. The Kier molecular flexibility index (Phi) is 3.41. The van der Waals surface area contributed by atoms with E-state index in [1.165, 1.54) is 3.57 Å². The quantitative estimate of drug-likeness (QED) is 0.514. The average Bonchev–Trinajstić information content (AvgIpc) is 2.30. The van der Waals surface area contributed by atoms with Crippen molar-refractivity contribution in [2.24, 2.45) is 0 Å². The molecule has 0 saturated heterocycles. The van der Waals surface area contributed by atoms with Crippen LogP contribution in [0.25, 0.3) is 0 Å². The smallest absolute Gasteiger partial charge is 0.0249 e. The summed E-state index contributed by atoms with van der Waals surface area (Å²) in [7, 11) is 0. The second kappa shape index (κ2) is 4.99. The van der Waals surface area contributed by atoms with Crippen molar-refractivity contribution in [3.63, 3.8) is 0 Å². The van der Waals surface area contributed by atoms with Crippen LogP contribution in [-0.4, -0.2) is 0 Å². The molecule has 2 aromatic carbocycles. The molecular formula is C14H9I. The van der Waals surface area contributed by atoms with Crippen LogP contribution in [-0.2, 0) is 0 Å². The molecule has 0 amide bonds. The van der Waals surface area contributed by atoms with Crippen molar-refractivity contribution in [1.29, 1.82) is 0 Å². The summed E-state index contributed by atoms with van der Waals surface area (Å²) >= 11 is 2.29. The maximum absolute atomic E-state index is 3.13. The topological polar surface area (TPSA) is 0 Å². The molecule has 0 N–H and O–H groups in total. The molecule has 0 bridgehead atoms. The Morgan fingerprint density at radius 3 is 1.80 bits per heavy atom. The van der Waals surface area contributed by atoms with E-state index >= 15 is 0 Å². The molecule has 0 aromatic heterocycles. The van der Waals surface area contributed by atoms with Gasteiger partial charge in [0, 0.05) is 14.7 Å². The molecule has 2 aromatic rings. The standard InChI is InChI=1S/C14H9I/c15-14-10-8-13(9-11-14)7-6-12-4-2-1-3-5-12/h1-5,8-11H/i15-4. The Hall–Kier alpha value is -1.27. The van der Waals surface area contributed by atoms with Crippen LogP contribution in [0.1, 0.15) is 11.1 Å². The third-order valence-electron chi connectivity index (χ3n) is 1.97. The summed E-state index contributed by atoms with van der Waals surface area (Å²) < 4.78 is 1.23. The summed E-state index contributed by atoms with van der Waals surface area (Å²) in [5, 5.41) is 0. The number of halogens is 1. The van der Waals surface area contributed by atoms with Crippen LogP contribution in [0.2, 0.25) is 0 Å². The van der Waals surface area contributed by atoms with Gasteiger partial charge in [0.05, 0.1) is 0 Å². The lowest BCUT2D eigenvalue weighted by Gasteiger charge is -1.90. The van der Waals surface area contributed by atoms with Gasteiger partial charge < -0.3 is 0 Å². The number of hydrogen-bond acceptors (Lipinski definition) is 0. The Morgan fingerprint density at radius 1 is 0.667 bits per heavy atom. The molecule has 0 aliphatic carbocycles. The largest absolute Gasteiger partial charge is 0.0622 e. The molecule has 0 fully saturated rings. The van der Waals surface area contributed by atoms with E-state index in [-0.39, 0.29) is 0 Å². The summed E-state index contributed by atoms with van der Waals surface area (Å²) in [6.45, 7) is 0. The Balaban J connectivity index is 2.22. The number of benzene rings is 2. The molecule has 1 heteroatoms. The van der Waals surface area contributed by atoms with Crippen molar-refractivity contribution in [2.45, 2.75) is 0 Å². The van der Waals surface area contributed by atoms with E-state index in [1.54, 1.807) is 0 Å². The summed E-state index contributed by atoms with van der Waals surface area (Å²) in [4.78, 5) is 0.